The number of carbonyl (C=O) groups is 1. The van der Waals surface area contributed by atoms with Crippen LogP contribution in [0, 0.1) is 0 Å². The number of thiocarbonyl (C=S) groups is 1. The molecule has 24 heavy (non-hydrogen) atoms. The van der Waals surface area contributed by atoms with E-state index in [0.29, 0.717) is 23.2 Å². The molecule has 0 aromatic heterocycles. The van der Waals surface area contributed by atoms with Gasteiger partial charge in [0.2, 0.25) is 0 Å². The molecule has 0 bridgehead atoms. The number of primary amides is 1. The first kappa shape index (κ1) is 19.7. The van der Waals surface area contributed by atoms with Crippen LogP contribution in [0.4, 0.5) is 0 Å². The zero-order chi connectivity index (χ0) is 17.9. The second-order valence-corrected chi connectivity index (χ2v) is 5.27. The molecule has 9 heteroatoms. The molecule has 1 amide bonds. The SMILES string of the molecule is COC[C@@H](C)NC(=S)N/N=C\c1ccc(OCC(N)=O)c(OC)c1. The molecule has 0 unspecified atom stereocenters. The van der Waals surface area contributed by atoms with Crippen molar-refractivity contribution in [1.29, 1.82) is 0 Å². The maximum atomic E-state index is 10.8. The molecule has 0 aliphatic rings. The van der Waals surface area contributed by atoms with Crippen molar-refractivity contribution in [1.82, 2.24) is 10.7 Å². The number of ether oxygens (including phenoxy) is 3. The summed E-state index contributed by atoms with van der Waals surface area (Å²) in [5.74, 6) is 0.331. The molecule has 0 saturated carbocycles. The lowest BCUT2D eigenvalue weighted by Gasteiger charge is -2.13. The predicted octanol–water partition coefficient (Wildman–Crippen LogP) is 0.392. The number of hydrazone groups is 1. The van der Waals surface area contributed by atoms with Crippen molar-refractivity contribution >= 4 is 29.5 Å². The fourth-order valence-electron chi connectivity index (χ4n) is 1.75. The first-order chi connectivity index (χ1) is 11.5. The molecule has 0 aliphatic heterocycles. The Morgan fingerprint density at radius 3 is 2.79 bits per heavy atom. The summed E-state index contributed by atoms with van der Waals surface area (Å²) in [4.78, 5) is 10.8. The van der Waals surface area contributed by atoms with Gasteiger partial charge in [0, 0.05) is 13.2 Å². The highest BCUT2D eigenvalue weighted by Crippen LogP contribution is 2.27. The molecule has 8 nitrogen and oxygen atoms in total. The van der Waals surface area contributed by atoms with E-state index in [1.165, 1.54) is 7.11 Å². The number of carbonyl (C=O) groups excluding carboxylic acids is 1. The maximum Gasteiger partial charge on any atom is 0.255 e. The summed E-state index contributed by atoms with van der Waals surface area (Å²) in [5, 5.41) is 7.46. The monoisotopic (exact) mass is 354 g/mol. The predicted molar refractivity (Wildman–Crippen MR) is 95.5 cm³/mol. The molecule has 0 heterocycles. The second-order valence-electron chi connectivity index (χ2n) is 4.87. The van der Waals surface area contributed by atoms with Crippen LogP contribution in [0.2, 0.25) is 0 Å². The molecule has 1 aromatic carbocycles. The number of nitrogens with zero attached hydrogens (tertiary/aromatic N) is 1. The Kier molecular flexibility index (Phi) is 8.52. The number of hydrogen-bond acceptors (Lipinski definition) is 6. The van der Waals surface area contributed by atoms with Crippen LogP contribution in [-0.2, 0) is 9.53 Å². The molecule has 1 rings (SSSR count). The average Bonchev–Trinajstić information content (AvgIpc) is 2.53. The van der Waals surface area contributed by atoms with Crippen LogP contribution in [-0.4, -0.2) is 50.7 Å². The lowest BCUT2D eigenvalue weighted by Crippen LogP contribution is -2.40. The Morgan fingerprint density at radius 2 is 2.17 bits per heavy atom. The number of hydrogen-bond donors (Lipinski definition) is 3. The van der Waals surface area contributed by atoms with E-state index in [-0.39, 0.29) is 12.6 Å². The van der Waals surface area contributed by atoms with Gasteiger partial charge in [-0.2, -0.15) is 5.10 Å². The quantitative estimate of drug-likeness (QED) is 0.334. The van der Waals surface area contributed by atoms with Crippen molar-refractivity contribution in [3.05, 3.63) is 23.8 Å². The largest absolute Gasteiger partial charge is 0.493 e. The van der Waals surface area contributed by atoms with Crippen molar-refractivity contribution in [2.75, 3.05) is 27.4 Å². The minimum Gasteiger partial charge on any atom is -0.493 e. The third-order valence-corrected chi connectivity index (χ3v) is 2.94. The van der Waals surface area contributed by atoms with Crippen molar-refractivity contribution < 1.29 is 19.0 Å². The van der Waals surface area contributed by atoms with Crippen molar-refractivity contribution in [2.24, 2.45) is 10.8 Å². The number of rotatable bonds is 9. The van der Waals surface area contributed by atoms with Crippen LogP contribution in [0.5, 0.6) is 11.5 Å². The van der Waals surface area contributed by atoms with Crippen molar-refractivity contribution in [3.63, 3.8) is 0 Å². The molecular weight excluding hydrogens is 332 g/mol. The van der Waals surface area contributed by atoms with Gasteiger partial charge >= 0.3 is 0 Å². The fourth-order valence-corrected chi connectivity index (χ4v) is 2.00. The number of methoxy groups -OCH3 is 2. The molecule has 0 fully saturated rings. The van der Waals surface area contributed by atoms with Gasteiger partial charge in [-0.25, -0.2) is 0 Å². The molecule has 132 valence electrons. The van der Waals surface area contributed by atoms with E-state index in [9.17, 15) is 4.79 Å². The van der Waals surface area contributed by atoms with Gasteiger partial charge in [-0.3, -0.25) is 10.2 Å². The van der Waals surface area contributed by atoms with Crippen LogP contribution < -0.4 is 25.9 Å². The summed E-state index contributed by atoms with van der Waals surface area (Å²) >= 11 is 5.11. The zero-order valence-corrected chi connectivity index (χ0v) is 14.7. The van der Waals surface area contributed by atoms with Gasteiger partial charge in [0.25, 0.3) is 5.91 Å². The Balaban J connectivity index is 2.61. The molecular formula is C15H22N4O4S. The van der Waals surface area contributed by atoms with Gasteiger partial charge in [0.15, 0.2) is 23.2 Å². The first-order valence-corrected chi connectivity index (χ1v) is 7.54. The molecule has 0 aliphatic carbocycles. The van der Waals surface area contributed by atoms with E-state index in [0.717, 1.165) is 5.56 Å². The van der Waals surface area contributed by atoms with E-state index < -0.39 is 5.91 Å². The third kappa shape index (κ3) is 7.25. The molecule has 1 atom stereocenters. The Bertz CT molecular complexity index is 595. The summed E-state index contributed by atoms with van der Waals surface area (Å²) < 4.78 is 15.5. The number of nitrogens with one attached hydrogen (secondary N) is 2. The Labute approximate surface area is 146 Å². The number of amides is 1. The van der Waals surface area contributed by atoms with E-state index in [1.54, 1.807) is 31.5 Å². The standard InChI is InChI=1S/C15H22N4O4S/c1-10(8-21-2)18-15(24)19-17-7-11-4-5-12(13(6-11)22-3)23-9-14(16)20/h4-7,10H,8-9H2,1-3H3,(H2,16,20)(H2,18,19,24)/b17-7-/t10-/m1/s1. The summed E-state index contributed by atoms with van der Waals surface area (Å²) in [6.45, 7) is 2.26. The van der Waals surface area contributed by atoms with E-state index >= 15 is 0 Å². The van der Waals surface area contributed by atoms with Crippen molar-refractivity contribution in [2.45, 2.75) is 13.0 Å². The second kappa shape index (κ2) is 10.4. The van der Waals surface area contributed by atoms with Gasteiger partial charge in [-0.1, -0.05) is 0 Å². The molecule has 1 aromatic rings. The van der Waals surface area contributed by atoms with Gasteiger partial charge < -0.3 is 25.3 Å². The van der Waals surface area contributed by atoms with Crippen LogP contribution >= 0.6 is 12.2 Å². The molecule has 0 saturated heterocycles. The van der Waals surface area contributed by atoms with E-state index in [4.69, 9.17) is 32.2 Å². The molecule has 4 N–H and O–H groups in total. The molecule has 0 radical (unpaired) electrons. The van der Waals surface area contributed by atoms with Crippen molar-refractivity contribution in [3.8, 4) is 11.5 Å². The first-order valence-electron chi connectivity index (χ1n) is 7.14. The van der Waals surface area contributed by atoms with Crippen LogP contribution in [0.3, 0.4) is 0 Å². The fraction of sp³-hybridized carbons (Fsp3) is 0.400. The highest BCUT2D eigenvalue weighted by atomic mass is 32.1. The summed E-state index contributed by atoms with van der Waals surface area (Å²) in [6.07, 6.45) is 1.58. The van der Waals surface area contributed by atoms with Gasteiger partial charge in [0.05, 0.1) is 19.9 Å². The Morgan fingerprint density at radius 1 is 1.42 bits per heavy atom. The summed E-state index contributed by atoms with van der Waals surface area (Å²) in [5.41, 5.74) is 8.53. The number of nitrogens with two attached hydrogens (primary N) is 1. The average molecular weight is 354 g/mol. The molecule has 0 spiro atoms. The smallest absolute Gasteiger partial charge is 0.255 e. The summed E-state index contributed by atoms with van der Waals surface area (Å²) in [6, 6.07) is 5.21. The van der Waals surface area contributed by atoms with E-state index in [2.05, 4.69) is 15.8 Å². The van der Waals surface area contributed by atoms with E-state index in [1.807, 2.05) is 6.92 Å². The van der Waals surface area contributed by atoms with Crippen LogP contribution in [0.1, 0.15) is 12.5 Å². The summed E-state index contributed by atoms with van der Waals surface area (Å²) in [7, 11) is 3.12. The van der Waals surface area contributed by atoms with Crippen LogP contribution in [0.25, 0.3) is 0 Å². The Hall–Kier alpha value is -2.39. The minimum atomic E-state index is -0.560. The van der Waals surface area contributed by atoms with Crippen LogP contribution in [0.15, 0.2) is 23.3 Å². The highest BCUT2D eigenvalue weighted by Gasteiger charge is 2.06. The normalized spacial score (nSPS) is 11.8. The number of benzene rings is 1. The van der Waals surface area contributed by atoms with Gasteiger partial charge in [-0.15, -0.1) is 0 Å². The lowest BCUT2D eigenvalue weighted by atomic mass is 10.2. The maximum absolute atomic E-state index is 10.8. The lowest BCUT2D eigenvalue weighted by molar-refractivity contribution is -0.119. The minimum absolute atomic E-state index is 0.0759. The van der Waals surface area contributed by atoms with Gasteiger partial charge in [-0.05, 0) is 42.9 Å². The third-order valence-electron chi connectivity index (χ3n) is 2.73. The topological polar surface area (TPSA) is 107 Å². The zero-order valence-electron chi connectivity index (χ0n) is 13.9. The van der Waals surface area contributed by atoms with Gasteiger partial charge in [0.1, 0.15) is 0 Å². The highest BCUT2D eigenvalue weighted by molar-refractivity contribution is 7.80.